The Balaban J connectivity index is 1.72. The number of amides is 1. The van der Waals surface area contributed by atoms with Crippen LogP contribution < -0.4 is 0 Å². The van der Waals surface area contributed by atoms with Crippen molar-refractivity contribution in [3.63, 3.8) is 0 Å². The number of H-pyrrole nitrogens is 1. The number of fused-ring (bicyclic) bond motifs is 2. The summed E-state index contributed by atoms with van der Waals surface area (Å²) in [4.78, 5) is 40.9. The number of non-ortho nitro benzene ring substituents is 1. The van der Waals surface area contributed by atoms with Crippen LogP contribution >= 0.6 is 0 Å². The Morgan fingerprint density at radius 1 is 1.30 bits per heavy atom. The maximum atomic E-state index is 13.4. The molecule has 2 aromatic rings. The van der Waals surface area contributed by atoms with E-state index in [4.69, 9.17) is 4.74 Å². The third-order valence-electron chi connectivity index (χ3n) is 5.90. The van der Waals surface area contributed by atoms with Crippen molar-refractivity contribution in [3.05, 3.63) is 40.1 Å². The number of nitrogens with one attached hydrogen (secondary N) is 1. The molecular weight excluding hydrogens is 350 g/mol. The van der Waals surface area contributed by atoms with E-state index in [2.05, 4.69) is 4.98 Å². The SMILES string of the molecule is COC(=O)[C@@H]1C[C@@H]2CCCC[C@H]2N1C(=O)c1c[nH]c2cc([N+](=O)[O-])ccc12. The fourth-order valence-electron chi connectivity index (χ4n) is 4.64. The number of hydrogen-bond acceptors (Lipinski definition) is 5. The zero-order valence-electron chi connectivity index (χ0n) is 15.0. The Labute approximate surface area is 155 Å². The Hall–Kier alpha value is -2.90. The molecule has 142 valence electrons. The summed E-state index contributed by atoms with van der Waals surface area (Å²) in [5.74, 6) is -0.286. The van der Waals surface area contributed by atoms with Crippen molar-refractivity contribution in [3.8, 4) is 0 Å². The number of esters is 1. The van der Waals surface area contributed by atoms with E-state index in [0.29, 0.717) is 28.8 Å². The van der Waals surface area contributed by atoms with E-state index < -0.39 is 11.0 Å². The molecule has 0 unspecified atom stereocenters. The summed E-state index contributed by atoms with van der Waals surface area (Å²) in [6.45, 7) is 0. The summed E-state index contributed by atoms with van der Waals surface area (Å²) in [6.07, 6.45) is 6.27. The lowest BCUT2D eigenvalue weighted by Gasteiger charge is -2.33. The number of ether oxygens (including phenoxy) is 1. The molecule has 1 amide bonds. The molecule has 0 bridgehead atoms. The lowest BCUT2D eigenvalue weighted by atomic mass is 9.84. The predicted octanol–water partition coefficient (Wildman–Crippen LogP) is 3.02. The minimum atomic E-state index is -0.571. The molecule has 1 aromatic carbocycles. The molecule has 0 spiro atoms. The molecule has 0 radical (unpaired) electrons. The first kappa shape index (κ1) is 17.5. The first-order valence-corrected chi connectivity index (χ1v) is 9.17. The molecule has 1 aromatic heterocycles. The van der Waals surface area contributed by atoms with Crippen LogP contribution in [0.4, 0.5) is 5.69 Å². The first-order valence-electron chi connectivity index (χ1n) is 9.17. The van der Waals surface area contributed by atoms with Gasteiger partial charge >= 0.3 is 5.97 Å². The van der Waals surface area contributed by atoms with E-state index in [0.717, 1.165) is 25.7 Å². The number of aromatic nitrogens is 1. The normalized spacial score (nSPS) is 24.6. The molecule has 1 saturated heterocycles. The van der Waals surface area contributed by atoms with Gasteiger partial charge in [0.05, 0.1) is 23.1 Å². The molecular formula is C19H21N3O5. The smallest absolute Gasteiger partial charge is 0.328 e. The number of rotatable bonds is 3. The number of aromatic amines is 1. The standard InChI is InChI=1S/C19H21N3O5/c1-27-19(24)17-8-11-4-2-3-5-16(11)21(17)18(23)14-10-20-15-9-12(22(25)26)6-7-13(14)15/h6-7,9-11,16-17,20H,2-5,8H2,1H3/t11-,16+,17-/m0/s1. The van der Waals surface area contributed by atoms with Crippen molar-refractivity contribution in [2.45, 2.75) is 44.2 Å². The first-order chi connectivity index (χ1) is 13.0. The highest BCUT2D eigenvalue weighted by Gasteiger charge is 2.48. The Bertz CT molecular complexity index is 921. The van der Waals surface area contributed by atoms with Crippen LogP contribution in [0.25, 0.3) is 10.9 Å². The molecule has 1 aliphatic heterocycles. The highest BCUT2D eigenvalue weighted by molar-refractivity contribution is 6.08. The summed E-state index contributed by atoms with van der Waals surface area (Å²) in [5.41, 5.74) is 0.922. The van der Waals surface area contributed by atoms with Gasteiger partial charge in [-0.05, 0) is 31.2 Å². The van der Waals surface area contributed by atoms with Crippen LogP contribution in [0.1, 0.15) is 42.5 Å². The molecule has 27 heavy (non-hydrogen) atoms. The number of nitro benzene ring substituents is 1. The molecule has 2 heterocycles. The monoisotopic (exact) mass is 371 g/mol. The average molecular weight is 371 g/mol. The van der Waals surface area contributed by atoms with Gasteiger partial charge in [-0.2, -0.15) is 0 Å². The number of hydrogen-bond donors (Lipinski definition) is 1. The fraction of sp³-hybridized carbons (Fsp3) is 0.474. The average Bonchev–Trinajstić information content (AvgIpc) is 3.27. The molecule has 2 aliphatic rings. The number of nitro groups is 1. The zero-order chi connectivity index (χ0) is 19.1. The summed E-state index contributed by atoms with van der Waals surface area (Å²) >= 11 is 0. The molecule has 2 fully saturated rings. The number of likely N-dealkylation sites (tertiary alicyclic amines) is 1. The van der Waals surface area contributed by atoms with Crippen molar-refractivity contribution in [1.29, 1.82) is 0 Å². The number of nitrogens with zero attached hydrogens (tertiary/aromatic N) is 2. The molecule has 3 atom stereocenters. The van der Waals surface area contributed by atoms with Crippen molar-refractivity contribution >= 4 is 28.5 Å². The molecule has 8 heteroatoms. The van der Waals surface area contributed by atoms with Gasteiger partial charge in [0.25, 0.3) is 11.6 Å². The van der Waals surface area contributed by atoms with E-state index in [9.17, 15) is 19.7 Å². The zero-order valence-corrected chi connectivity index (χ0v) is 15.0. The summed E-state index contributed by atoms with van der Waals surface area (Å²) in [6, 6.07) is 3.85. The van der Waals surface area contributed by atoms with Gasteiger partial charge in [-0.15, -0.1) is 0 Å². The quantitative estimate of drug-likeness (QED) is 0.507. The van der Waals surface area contributed by atoms with Crippen molar-refractivity contribution in [1.82, 2.24) is 9.88 Å². The summed E-state index contributed by atoms with van der Waals surface area (Å²) in [7, 11) is 1.35. The minimum Gasteiger partial charge on any atom is -0.467 e. The van der Waals surface area contributed by atoms with Crippen LogP contribution in [-0.4, -0.2) is 45.9 Å². The van der Waals surface area contributed by atoms with Gasteiger partial charge in [-0.3, -0.25) is 14.9 Å². The van der Waals surface area contributed by atoms with Gasteiger partial charge in [0.1, 0.15) is 6.04 Å². The van der Waals surface area contributed by atoms with Gasteiger partial charge in [-0.1, -0.05) is 12.8 Å². The van der Waals surface area contributed by atoms with Crippen LogP contribution in [0, 0.1) is 16.0 Å². The highest BCUT2D eigenvalue weighted by atomic mass is 16.6. The van der Waals surface area contributed by atoms with Crippen LogP contribution in [0.5, 0.6) is 0 Å². The molecule has 8 nitrogen and oxygen atoms in total. The Morgan fingerprint density at radius 3 is 2.81 bits per heavy atom. The van der Waals surface area contributed by atoms with E-state index in [1.54, 1.807) is 17.2 Å². The van der Waals surface area contributed by atoms with E-state index in [-0.39, 0.29) is 23.6 Å². The van der Waals surface area contributed by atoms with Gasteiger partial charge in [0.15, 0.2) is 0 Å². The lowest BCUT2D eigenvalue weighted by molar-refractivity contribution is -0.384. The van der Waals surface area contributed by atoms with Gasteiger partial charge in [0.2, 0.25) is 0 Å². The van der Waals surface area contributed by atoms with E-state index in [1.165, 1.54) is 19.2 Å². The van der Waals surface area contributed by atoms with Gasteiger partial charge < -0.3 is 14.6 Å². The Morgan fingerprint density at radius 2 is 2.07 bits per heavy atom. The second-order valence-electron chi connectivity index (χ2n) is 7.29. The van der Waals surface area contributed by atoms with Crippen molar-refractivity contribution in [2.24, 2.45) is 5.92 Å². The van der Waals surface area contributed by atoms with Crippen molar-refractivity contribution in [2.75, 3.05) is 7.11 Å². The number of carbonyl (C=O) groups is 2. The molecule has 4 rings (SSSR count). The molecule has 1 N–H and O–H groups in total. The van der Waals surface area contributed by atoms with Crippen LogP contribution in [0.2, 0.25) is 0 Å². The highest BCUT2D eigenvalue weighted by Crippen LogP contribution is 2.41. The predicted molar refractivity (Wildman–Crippen MR) is 97.3 cm³/mol. The fourth-order valence-corrected chi connectivity index (χ4v) is 4.64. The number of carbonyl (C=O) groups excluding carboxylic acids is 2. The maximum absolute atomic E-state index is 13.4. The van der Waals surface area contributed by atoms with Gasteiger partial charge in [0, 0.05) is 29.8 Å². The van der Waals surface area contributed by atoms with Crippen molar-refractivity contribution < 1.29 is 19.2 Å². The third-order valence-corrected chi connectivity index (χ3v) is 5.90. The maximum Gasteiger partial charge on any atom is 0.328 e. The Kier molecular flexibility index (Phi) is 4.33. The summed E-state index contributed by atoms with van der Waals surface area (Å²) in [5, 5.41) is 11.6. The van der Waals surface area contributed by atoms with Gasteiger partial charge in [-0.25, -0.2) is 4.79 Å². The minimum absolute atomic E-state index is 0.0377. The largest absolute Gasteiger partial charge is 0.467 e. The van der Waals surface area contributed by atoms with E-state index in [1.807, 2.05) is 0 Å². The molecule has 1 aliphatic carbocycles. The number of benzene rings is 1. The number of methoxy groups -OCH3 is 1. The topological polar surface area (TPSA) is 106 Å². The van der Waals surface area contributed by atoms with Crippen LogP contribution in [-0.2, 0) is 9.53 Å². The van der Waals surface area contributed by atoms with Crippen LogP contribution in [0.3, 0.4) is 0 Å². The second kappa shape index (κ2) is 6.68. The molecule has 1 saturated carbocycles. The van der Waals surface area contributed by atoms with E-state index >= 15 is 0 Å². The second-order valence-corrected chi connectivity index (χ2v) is 7.29. The van der Waals surface area contributed by atoms with Crippen LogP contribution in [0.15, 0.2) is 24.4 Å². The third kappa shape index (κ3) is 2.85. The lowest BCUT2D eigenvalue weighted by Crippen LogP contribution is -2.46. The summed E-state index contributed by atoms with van der Waals surface area (Å²) < 4.78 is 4.95.